The molecule has 0 saturated carbocycles. The standard InChI is InChI=1S/C13H12FN3OS/c14-9-3-1-8(2-4-9)11-6-15-16-13(11)17-7-10(19)5-12(17)18/h1-4,6,10,19H,5,7H2,(H,15,16). The van der Waals surface area contributed by atoms with Crippen molar-refractivity contribution >= 4 is 24.4 Å². The number of nitrogens with zero attached hydrogens (tertiary/aromatic N) is 2. The van der Waals surface area contributed by atoms with Crippen LogP contribution in [0, 0.1) is 5.82 Å². The van der Waals surface area contributed by atoms with Crippen LogP contribution in [0.4, 0.5) is 10.2 Å². The van der Waals surface area contributed by atoms with E-state index in [0.29, 0.717) is 18.8 Å². The molecule has 1 aromatic carbocycles. The van der Waals surface area contributed by atoms with Crippen molar-refractivity contribution in [2.24, 2.45) is 0 Å². The number of hydrogen-bond donors (Lipinski definition) is 2. The van der Waals surface area contributed by atoms with Crippen LogP contribution < -0.4 is 4.90 Å². The van der Waals surface area contributed by atoms with Gasteiger partial charge in [0, 0.05) is 23.8 Å². The number of aromatic amines is 1. The van der Waals surface area contributed by atoms with Gasteiger partial charge in [-0.1, -0.05) is 12.1 Å². The van der Waals surface area contributed by atoms with Crippen LogP contribution in [0.15, 0.2) is 30.5 Å². The third kappa shape index (κ3) is 2.23. The van der Waals surface area contributed by atoms with Gasteiger partial charge in [0.2, 0.25) is 5.91 Å². The van der Waals surface area contributed by atoms with Crippen molar-refractivity contribution < 1.29 is 9.18 Å². The molecule has 1 aromatic heterocycles. The number of carbonyl (C=O) groups is 1. The highest BCUT2D eigenvalue weighted by molar-refractivity contribution is 7.81. The SMILES string of the molecule is O=C1CC(S)CN1c1[nH]ncc1-c1ccc(F)cc1. The van der Waals surface area contributed by atoms with Gasteiger partial charge in [-0.15, -0.1) is 0 Å². The predicted molar refractivity (Wildman–Crippen MR) is 73.7 cm³/mol. The zero-order chi connectivity index (χ0) is 13.4. The maximum Gasteiger partial charge on any atom is 0.229 e. The molecule has 98 valence electrons. The Hall–Kier alpha value is -1.82. The van der Waals surface area contributed by atoms with Crippen LogP contribution in [-0.2, 0) is 4.79 Å². The molecular weight excluding hydrogens is 265 g/mol. The molecule has 0 aliphatic carbocycles. The Kier molecular flexibility index (Phi) is 3.02. The first-order valence-electron chi connectivity index (χ1n) is 5.93. The van der Waals surface area contributed by atoms with Crippen LogP contribution in [-0.4, -0.2) is 27.9 Å². The number of rotatable bonds is 2. The monoisotopic (exact) mass is 277 g/mol. The van der Waals surface area contributed by atoms with Gasteiger partial charge in [0.25, 0.3) is 0 Å². The number of H-pyrrole nitrogens is 1. The summed E-state index contributed by atoms with van der Waals surface area (Å²) < 4.78 is 12.9. The quantitative estimate of drug-likeness (QED) is 0.827. The molecule has 0 bridgehead atoms. The molecule has 1 N–H and O–H groups in total. The van der Waals surface area contributed by atoms with Crippen LogP contribution in [0.5, 0.6) is 0 Å². The fraction of sp³-hybridized carbons (Fsp3) is 0.231. The van der Waals surface area contributed by atoms with E-state index < -0.39 is 0 Å². The topological polar surface area (TPSA) is 49.0 Å². The normalized spacial score (nSPS) is 19.2. The van der Waals surface area contributed by atoms with Crippen LogP contribution in [0.25, 0.3) is 11.1 Å². The zero-order valence-corrected chi connectivity index (χ0v) is 10.9. The summed E-state index contributed by atoms with van der Waals surface area (Å²) in [6, 6.07) is 6.11. The average molecular weight is 277 g/mol. The maximum absolute atomic E-state index is 12.9. The van der Waals surface area contributed by atoms with Crippen LogP contribution in [0.1, 0.15) is 6.42 Å². The number of aromatic nitrogens is 2. The molecular formula is C13H12FN3OS. The van der Waals surface area contributed by atoms with Crippen molar-refractivity contribution in [2.75, 3.05) is 11.4 Å². The molecule has 6 heteroatoms. The van der Waals surface area contributed by atoms with Gasteiger partial charge in [0.1, 0.15) is 11.6 Å². The number of nitrogens with one attached hydrogen (secondary N) is 1. The molecule has 1 atom stereocenters. The summed E-state index contributed by atoms with van der Waals surface area (Å²) in [6.45, 7) is 0.554. The Balaban J connectivity index is 1.99. The van der Waals surface area contributed by atoms with E-state index in [1.807, 2.05) is 0 Å². The second-order valence-corrected chi connectivity index (χ2v) is 5.23. The minimum atomic E-state index is -0.290. The summed E-state index contributed by atoms with van der Waals surface area (Å²) >= 11 is 4.33. The minimum absolute atomic E-state index is 0.0209. The highest BCUT2D eigenvalue weighted by atomic mass is 32.1. The summed E-state index contributed by atoms with van der Waals surface area (Å²) in [5, 5.41) is 6.87. The molecule has 1 unspecified atom stereocenters. The molecule has 1 amide bonds. The fourth-order valence-corrected chi connectivity index (χ4v) is 2.55. The molecule has 19 heavy (non-hydrogen) atoms. The third-order valence-corrected chi connectivity index (χ3v) is 3.49. The van der Waals surface area contributed by atoms with Crippen molar-refractivity contribution in [1.29, 1.82) is 0 Å². The van der Waals surface area contributed by atoms with Crippen molar-refractivity contribution in [3.63, 3.8) is 0 Å². The molecule has 3 rings (SSSR count). The lowest BCUT2D eigenvalue weighted by Crippen LogP contribution is -2.25. The number of carbonyl (C=O) groups excluding carboxylic acids is 1. The second-order valence-electron chi connectivity index (χ2n) is 4.50. The van der Waals surface area contributed by atoms with Gasteiger partial charge >= 0.3 is 0 Å². The Labute approximate surface area is 115 Å². The van der Waals surface area contributed by atoms with Crippen LogP contribution >= 0.6 is 12.6 Å². The summed E-state index contributed by atoms with van der Waals surface area (Å²) in [6.07, 6.45) is 2.06. The smallest absolute Gasteiger partial charge is 0.229 e. The lowest BCUT2D eigenvalue weighted by molar-refractivity contribution is -0.117. The number of thiol groups is 1. The first-order valence-corrected chi connectivity index (χ1v) is 6.44. The molecule has 1 aliphatic heterocycles. The Morgan fingerprint density at radius 2 is 2.11 bits per heavy atom. The van der Waals surface area contributed by atoms with Gasteiger partial charge in [-0.05, 0) is 17.7 Å². The lowest BCUT2D eigenvalue weighted by Gasteiger charge is -2.15. The van der Waals surface area contributed by atoms with E-state index in [1.54, 1.807) is 23.2 Å². The van der Waals surface area contributed by atoms with E-state index in [1.165, 1.54) is 12.1 Å². The van der Waals surface area contributed by atoms with Crippen molar-refractivity contribution in [3.05, 3.63) is 36.3 Å². The Morgan fingerprint density at radius 1 is 1.37 bits per heavy atom. The molecule has 0 spiro atoms. The summed E-state index contributed by atoms with van der Waals surface area (Å²) in [4.78, 5) is 13.5. The van der Waals surface area contributed by atoms with Crippen LogP contribution in [0.3, 0.4) is 0 Å². The first kappa shape index (κ1) is 12.2. The Morgan fingerprint density at radius 3 is 2.74 bits per heavy atom. The summed E-state index contributed by atoms with van der Waals surface area (Å²) in [5.41, 5.74) is 1.61. The molecule has 0 radical (unpaired) electrons. The second kappa shape index (κ2) is 4.70. The maximum atomic E-state index is 12.9. The summed E-state index contributed by atoms with van der Waals surface area (Å²) in [7, 11) is 0. The number of hydrogen-bond acceptors (Lipinski definition) is 3. The van der Waals surface area contributed by atoms with Gasteiger partial charge in [0.15, 0.2) is 0 Å². The fourth-order valence-electron chi connectivity index (χ4n) is 2.23. The lowest BCUT2D eigenvalue weighted by atomic mass is 10.1. The van der Waals surface area contributed by atoms with Crippen LogP contribution in [0.2, 0.25) is 0 Å². The van der Waals surface area contributed by atoms with Gasteiger partial charge in [-0.2, -0.15) is 17.7 Å². The van der Waals surface area contributed by atoms with Gasteiger partial charge in [0.05, 0.1) is 6.20 Å². The van der Waals surface area contributed by atoms with E-state index >= 15 is 0 Å². The van der Waals surface area contributed by atoms with Crippen molar-refractivity contribution in [3.8, 4) is 11.1 Å². The van der Waals surface area contributed by atoms with Gasteiger partial charge < -0.3 is 0 Å². The predicted octanol–water partition coefficient (Wildman–Crippen LogP) is 2.25. The van der Waals surface area contributed by atoms with E-state index in [4.69, 9.17) is 0 Å². The highest BCUT2D eigenvalue weighted by Crippen LogP contribution is 2.32. The molecule has 1 fully saturated rings. The Bertz CT molecular complexity index is 611. The van der Waals surface area contributed by atoms with E-state index in [9.17, 15) is 9.18 Å². The van der Waals surface area contributed by atoms with Crippen molar-refractivity contribution in [1.82, 2.24) is 10.2 Å². The number of anilines is 1. The average Bonchev–Trinajstić information content (AvgIpc) is 2.96. The minimum Gasteiger partial charge on any atom is -0.296 e. The molecule has 2 aromatic rings. The van der Waals surface area contributed by atoms with Crippen molar-refractivity contribution in [2.45, 2.75) is 11.7 Å². The highest BCUT2D eigenvalue weighted by Gasteiger charge is 2.30. The number of benzene rings is 1. The molecule has 1 saturated heterocycles. The zero-order valence-electron chi connectivity index (χ0n) is 10.0. The third-order valence-electron chi connectivity index (χ3n) is 3.15. The summed E-state index contributed by atoms with van der Waals surface area (Å²) in [5.74, 6) is 0.377. The van der Waals surface area contributed by atoms with Gasteiger partial charge in [-0.25, -0.2) is 4.39 Å². The molecule has 2 heterocycles. The number of halogens is 1. The number of amides is 1. The van der Waals surface area contributed by atoms with E-state index in [-0.39, 0.29) is 17.0 Å². The van der Waals surface area contributed by atoms with Gasteiger partial charge in [-0.3, -0.25) is 14.8 Å². The molecule has 4 nitrogen and oxygen atoms in total. The largest absolute Gasteiger partial charge is 0.296 e. The molecule has 1 aliphatic rings. The van der Waals surface area contributed by atoms with E-state index in [2.05, 4.69) is 22.8 Å². The van der Waals surface area contributed by atoms with E-state index in [0.717, 1.165) is 11.1 Å². The first-order chi connectivity index (χ1) is 9.15.